The van der Waals surface area contributed by atoms with E-state index in [2.05, 4.69) is 0 Å². The van der Waals surface area contributed by atoms with E-state index in [9.17, 15) is 9.59 Å². The summed E-state index contributed by atoms with van der Waals surface area (Å²) in [5, 5.41) is 16.6. The summed E-state index contributed by atoms with van der Waals surface area (Å²) < 4.78 is 0. The van der Waals surface area contributed by atoms with Crippen LogP contribution in [0.1, 0.15) is 12.8 Å². The van der Waals surface area contributed by atoms with Gasteiger partial charge in [-0.25, -0.2) is 0 Å². The van der Waals surface area contributed by atoms with Crippen LogP contribution in [-0.4, -0.2) is 34.2 Å². The van der Waals surface area contributed by atoms with Gasteiger partial charge in [0.15, 0.2) is 0 Å². The molecule has 6 heteroatoms. The van der Waals surface area contributed by atoms with Crippen LogP contribution in [0, 0.1) is 0 Å². The number of rotatable bonds is 5. The number of hydrogen-bond donors (Lipinski definition) is 4. The van der Waals surface area contributed by atoms with Gasteiger partial charge in [-0.2, -0.15) is 0 Å². The van der Waals surface area contributed by atoms with Gasteiger partial charge in [-0.15, -0.1) is 0 Å². The van der Waals surface area contributed by atoms with Crippen molar-refractivity contribution in [3.8, 4) is 0 Å². The molecule has 0 saturated heterocycles. The fraction of sp³-hybridized carbons (Fsp3) is 0.667. The summed E-state index contributed by atoms with van der Waals surface area (Å²) in [4.78, 5) is 20.3. The zero-order valence-electron chi connectivity index (χ0n) is 6.43. The predicted octanol–water partition coefficient (Wildman–Crippen LogP) is -1.41. The Bertz CT molecular complexity index is 162. The molecular weight excluding hydrogens is 164 g/mol. The van der Waals surface area contributed by atoms with Crippen molar-refractivity contribution < 1.29 is 19.8 Å². The summed E-state index contributed by atoms with van der Waals surface area (Å²) in [6.45, 7) is 0. The molecule has 0 aliphatic heterocycles. The predicted molar refractivity (Wildman–Crippen MR) is 40.5 cm³/mol. The normalized spacial score (nSPS) is 15.2. The second-order valence-corrected chi connectivity index (χ2v) is 2.47. The Balaban J connectivity index is 3.68. The van der Waals surface area contributed by atoms with E-state index in [1.807, 2.05) is 0 Å². The zero-order valence-corrected chi connectivity index (χ0v) is 6.43. The minimum absolute atomic E-state index is 0.0722. The molecular formula is C6H12N2O4. The van der Waals surface area contributed by atoms with Gasteiger partial charge in [-0.3, -0.25) is 9.59 Å². The van der Waals surface area contributed by atoms with Crippen molar-refractivity contribution in [1.29, 1.82) is 0 Å². The topological polar surface area (TPSA) is 127 Å². The third-order valence-electron chi connectivity index (χ3n) is 1.42. The molecule has 0 aromatic heterocycles. The second-order valence-electron chi connectivity index (χ2n) is 2.47. The van der Waals surface area contributed by atoms with Gasteiger partial charge in [0, 0.05) is 0 Å². The molecule has 0 aliphatic rings. The molecule has 70 valence electrons. The van der Waals surface area contributed by atoms with Gasteiger partial charge in [0.05, 0.1) is 0 Å². The van der Waals surface area contributed by atoms with Crippen molar-refractivity contribution in [1.82, 2.24) is 0 Å². The summed E-state index contributed by atoms with van der Waals surface area (Å²) in [5.41, 5.74) is 10.2. The fourth-order valence-electron chi connectivity index (χ4n) is 0.606. The number of nitrogens with two attached hydrogens (primary N) is 2. The lowest BCUT2D eigenvalue weighted by Crippen LogP contribution is -2.35. The Morgan fingerprint density at radius 1 is 1.00 bits per heavy atom. The van der Waals surface area contributed by atoms with Crippen molar-refractivity contribution >= 4 is 11.9 Å². The van der Waals surface area contributed by atoms with Crippen LogP contribution in [0.2, 0.25) is 0 Å². The third kappa shape index (κ3) is 3.89. The molecule has 0 radical (unpaired) electrons. The first-order chi connectivity index (χ1) is 5.45. The fourth-order valence-corrected chi connectivity index (χ4v) is 0.606. The SMILES string of the molecule is N[C@H](CC[C@H](N)C(=O)O)C(=O)O. The van der Waals surface area contributed by atoms with Crippen LogP contribution in [0.4, 0.5) is 0 Å². The van der Waals surface area contributed by atoms with Crippen molar-refractivity contribution in [3.05, 3.63) is 0 Å². The summed E-state index contributed by atoms with van der Waals surface area (Å²) in [5.74, 6) is -2.29. The molecule has 0 amide bonds. The molecule has 2 atom stereocenters. The number of hydrogen-bond acceptors (Lipinski definition) is 4. The molecule has 0 aromatic carbocycles. The maximum Gasteiger partial charge on any atom is 0.320 e. The van der Waals surface area contributed by atoms with Crippen LogP contribution >= 0.6 is 0 Å². The van der Waals surface area contributed by atoms with Gasteiger partial charge in [-0.05, 0) is 12.8 Å². The molecule has 0 unspecified atom stereocenters. The highest BCUT2D eigenvalue weighted by molar-refractivity contribution is 5.74. The van der Waals surface area contributed by atoms with E-state index in [4.69, 9.17) is 21.7 Å². The molecule has 6 nitrogen and oxygen atoms in total. The van der Waals surface area contributed by atoms with Gasteiger partial charge < -0.3 is 21.7 Å². The van der Waals surface area contributed by atoms with E-state index in [1.54, 1.807) is 0 Å². The molecule has 0 rings (SSSR count). The summed E-state index contributed by atoms with van der Waals surface area (Å²) in [6.07, 6.45) is 0.144. The molecule has 0 saturated carbocycles. The highest BCUT2D eigenvalue weighted by Crippen LogP contribution is 1.98. The van der Waals surface area contributed by atoms with E-state index in [0.717, 1.165) is 0 Å². The second kappa shape index (κ2) is 4.68. The van der Waals surface area contributed by atoms with Gasteiger partial charge in [0.2, 0.25) is 0 Å². The first-order valence-electron chi connectivity index (χ1n) is 3.42. The molecule has 0 aliphatic carbocycles. The number of carbonyl (C=O) groups is 2. The van der Waals surface area contributed by atoms with Crippen LogP contribution in [0.5, 0.6) is 0 Å². The Morgan fingerprint density at radius 3 is 1.42 bits per heavy atom. The Labute approximate surface area is 69.2 Å². The van der Waals surface area contributed by atoms with E-state index in [-0.39, 0.29) is 12.8 Å². The highest BCUT2D eigenvalue weighted by Gasteiger charge is 2.16. The Hall–Kier alpha value is -1.14. The van der Waals surface area contributed by atoms with Gasteiger partial charge >= 0.3 is 11.9 Å². The molecule has 0 heterocycles. The van der Waals surface area contributed by atoms with Crippen LogP contribution < -0.4 is 11.5 Å². The molecule has 12 heavy (non-hydrogen) atoms. The molecule has 0 aromatic rings. The van der Waals surface area contributed by atoms with Gasteiger partial charge in [0.25, 0.3) is 0 Å². The lowest BCUT2D eigenvalue weighted by Gasteiger charge is -2.08. The number of carboxylic acids is 2. The molecule has 0 fully saturated rings. The smallest absolute Gasteiger partial charge is 0.320 e. The summed E-state index contributed by atoms with van der Waals surface area (Å²) in [7, 11) is 0. The third-order valence-corrected chi connectivity index (χ3v) is 1.42. The van der Waals surface area contributed by atoms with Crippen molar-refractivity contribution in [2.24, 2.45) is 11.5 Å². The summed E-state index contributed by atoms with van der Waals surface area (Å²) in [6, 6.07) is -2.06. The van der Waals surface area contributed by atoms with Gasteiger partial charge in [0.1, 0.15) is 12.1 Å². The number of aliphatic carboxylic acids is 2. The van der Waals surface area contributed by atoms with E-state index in [0.29, 0.717) is 0 Å². The Morgan fingerprint density at radius 2 is 1.25 bits per heavy atom. The first-order valence-corrected chi connectivity index (χ1v) is 3.42. The van der Waals surface area contributed by atoms with E-state index in [1.165, 1.54) is 0 Å². The Kier molecular flexibility index (Phi) is 4.24. The van der Waals surface area contributed by atoms with E-state index < -0.39 is 24.0 Å². The average Bonchev–Trinajstić information content (AvgIpc) is 1.98. The number of carboxylic acid groups (broad SMARTS) is 2. The quantitative estimate of drug-likeness (QED) is 0.407. The molecule has 0 spiro atoms. The maximum absolute atomic E-state index is 10.2. The molecule has 6 N–H and O–H groups in total. The van der Waals surface area contributed by atoms with Crippen molar-refractivity contribution in [2.75, 3.05) is 0 Å². The minimum Gasteiger partial charge on any atom is -0.480 e. The van der Waals surface area contributed by atoms with E-state index >= 15 is 0 Å². The highest BCUT2D eigenvalue weighted by atomic mass is 16.4. The first kappa shape index (κ1) is 10.9. The molecule has 0 bridgehead atoms. The van der Waals surface area contributed by atoms with Crippen LogP contribution in [0.25, 0.3) is 0 Å². The van der Waals surface area contributed by atoms with Crippen LogP contribution in [-0.2, 0) is 9.59 Å². The summed E-state index contributed by atoms with van der Waals surface area (Å²) >= 11 is 0. The largest absolute Gasteiger partial charge is 0.480 e. The van der Waals surface area contributed by atoms with Crippen LogP contribution in [0.15, 0.2) is 0 Å². The average molecular weight is 176 g/mol. The van der Waals surface area contributed by atoms with Gasteiger partial charge in [-0.1, -0.05) is 0 Å². The van der Waals surface area contributed by atoms with Crippen molar-refractivity contribution in [2.45, 2.75) is 24.9 Å². The standard InChI is InChI=1S/C6H12N2O4/c7-3(5(9)10)1-2-4(8)6(11)12/h3-4H,1-2,7-8H2,(H,9,10)(H,11,12)/t3-,4+. The lowest BCUT2D eigenvalue weighted by atomic mass is 10.1. The lowest BCUT2D eigenvalue weighted by molar-refractivity contribution is -0.141. The van der Waals surface area contributed by atoms with Crippen molar-refractivity contribution in [3.63, 3.8) is 0 Å². The maximum atomic E-state index is 10.2. The van der Waals surface area contributed by atoms with Crippen LogP contribution in [0.3, 0.4) is 0 Å². The monoisotopic (exact) mass is 176 g/mol. The minimum atomic E-state index is -1.15. The zero-order chi connectivity index (χ0) is 9.72.